The quantitative estimate of drug-likeness (QED) is 0.344. The van der Waals surface area contributed by atoms with E-state index in [1.54, 1.807) is 6.08 Å². The molecule has 0 amide bonds. The summed E-state index contributed by atoms with van der Waals surface area (Å²) in [6, 6.07) is 0. The predicted molar refractivity (Wildman–Crippen MR) is 35.8 cm³/mol. The van der Waals surface area contributed by atoms with Gasteiger partial charge in [0, 0.05) is 0 Å². The third-order valence-corrected chi connectivity index (χ3v) is 0.985. The van der Waals surface area contributed by atoms with E-state index in [1.165, 1.54) is 0 Å². The molecule has 0 spiro atoms. The number of carbonyl (C=O) groups excluding carboxylic acids is 1. The van der Waals surface area contributed by atoms with Gasteiger partial charge in [0.1, 0.15) is 0 Å². The maximum atomic E-state index is 9.65. The Morgan fingerprint density at radius 3 is 2.80 bits per heavy atom. The van der Waals surface area contributed by atoms with Gasteiger partial charge in [-0.2, -0.15) is 9.90 Å². The van der Waals surface area contributed by atoms with Gasteiger partial charge in [-0.05, 0) is 18.9 Å². The molecule has 1 radical (unpaired) electrons. The van der Waals surface area contributed by atoms with Crippen LogP contribution in [0.1, 0.15) is 26.2 Å². The van der Waals surface area contributed by atoms with Crippen molar-refractivity contribution in [1.29, 1.82) is 0 Å². The van der Waals surface area contributed by atoms with E-state index < -0.39 is 6.16 Å². The lowest BCUT2D eigenvalue weighted by Gasteiger charge is -1.87. The third kappa shape index (κ3) is 7.01. The number of unbranched alkanes of at least 4 members (excludes halogenated alkanes) is 2. The normalized spacial score (nSPS) is 10.1. The minimum absolute atomic E-state index is 0.851. The predicted octanol–water partition coefficient (Wildman–Crippen LogP) is 2.26. The van der Waals surface area contributed by atoms with Crippen LogP contribution in [0.15, 0.2) is 12.3 Å². The molecule has 0 atom stereocenters. The summed E-state index contributed by atoms with van der Waals surface area (Å²) in [4.78, 5) is 9.65. The van der Waals surface area contributed by atoms with Crippen molar-refractivity contribution in [2.24, 2.45) is 0 Å². The lowest BCUT2D eigenvalue weighted by molar-refractivity contribution is 0.101. The van der Waals surface area contributed by atoms with E-state index in [1.807, 2.05) is 0 Å². The van der Waals surface area contributed by atoms with Gasteiger partial charge in [-0.1, -0.05) is 13.3 Å². The monoisotopic (exact) mass is 143 g/mol. The molecular weight excluding hydrogens is 132 g/mol. The fourth-order valence-corrected chi connectivity index (χ4v) is 0.494. The van der Waals surface area contributed by atoms with Gasteiger partial charge in [0.05, 0.1) is 6.26 Å². The van der Waals surface area contributed by atoms with Crippen molar-refractivity contribution < 1.29 is 14.6 Å². The van der Waals surface area contributed by atoms with Crippen molar-refractivity contribution in [1.82, 2.24) is 0 Å². The van der Waals surface area contributed by atoms with Crippen LogP contribution in [0.25, 0.3) is 0 Å². The van der Waals surface area contributed by atoms with Crippen molar-refractivity contribution in [3.8, 4) is 0 Å². The Morgan fingerprint density at radius 1 is 1.60 bits per heavy atom. The molecular formula is C7H11O3. The summed E-state index contributed by atoms with van der Waals surface area (Å²) in [5.74, 6) is 0. The van der Waals surface area contributed by atoms with Crippen LogP contribution < -0.4 is 0 Å². The lowest BCUT2D eigenvalue weighted by Crippen LogP contribution is -1.88. The van der Waals surface area contributed by atoms with Gasteiger partial charge in [0.2, 0.25) is 0 Å². The van der Waals surface area contributed by atoms with Gasteiger partial charge in [-0.15, -0.1) is 0 Å². The van der Waals surface area contributed by atoms with Crippen LogP contribution in [-0.2, 0) is 9.84 Å². The molecule has 0 fully saturated rings. The minimum Gasteiger partial charge on any atom is -0.401 e. The molecule has 0 aliphatic rings. The van der Waals surface area contributed by atoms with E-state index in [0.717, 1.165) is 25.5 Å². The first kappa shape index (κ1) is 9.01. The van der Waals surface area contributed by atoms with Gasteiger partial charge < -0.3 is 4.74 Å². The van der Waals surface area contributed by atoms with Gasteiger partial charge in [-0.3, -0.25) is 0 Å². The highest BCUT2D eigenvalue weighted by Gasteiger charge is 1.91. The summed E-state index contributed by atoms with van der Waals surface area (Å²) < 4.78 is 4.01. The molecule has 0 saturated carbocycles. The molecule has 10 heavy (non-hydrogen) atoms. The second-order valence-corrected chi connectivity index (χ2v) is 1.88. The van der Waals surface area contributed by atoms with Crippen molar-refractivity contribution in [3.63, 3.8) is 0 Å². The van der Waals surface area contributed by atoms with Crippen molar-refractivity contribution in [3.05, 3.63) is 12.3 Å². The van der Waals surface area contributed by atoms with Crippen molar-refractivity contribution in [2.45, 2.75) is 26.2 Å². The Balaban J connectivity index is 3.12. The van der Waals surface area contributed by atoms with Crippen LogP contribution in [0, 0.1) is 0 Å². The van der Waals surface area contributed by atoms with Crippen LogP contribution >= 0.6 is 0 Å². The largest absolute Gasteiger partial charge is 0.555 e. The van der Waals surface area contributed by atoms with Crippen LogP contribution in [0.5, 0.6) is 0 Å². The SMILES string of the molecule is CCCC/C=C/OC([O])=O. The summed E-state index contributed by atoms with van der Waals surface area (Å²) >= 11 is 0. The number of ether oxygens (including phenoxy) is 1. The first-order valence-electron chi connectivity index (χ1n) is 3.30. The van der Waals surface area contributed by atoms with E-state index in [0.29, 0.717) is 0 Å². The highest BCUT2D eigenvalue weighted by molar-refractivity contribution is 5.57. The fourth-order valence-electron chi connectivity index (χ4n) is 0.494. The van der Waals surface area contributed by atoms with Crippen LogP contribution in [0.3, 0.4) is 0 Å². The molecule has 0 heterocycles. The summed E-state index contributed by atoms with van der Waals surface area (Å²) in [6.45, 7) is 2.06. The second-order valence-electron chi connectivity index (χ2n) is 1.88. The Bertz CT molecular complexity index is 118. The van der Waals surface area contributed by atoms with Crippen LogP contribution in [-0.4, -0.2) is 6.16 Å². The highest BCUT2D eigenvalue weighted by Crippen LogP contribution is 1.94. The van der Waals surface area contributed by atoms with Crippen LogP contribution in [0.4, 0.5) is 4.79 Å². The number of hydrogen-bond donors (Lipinski definition) is 0. The second kappa shape index (κ2) is 6.13. The maximum Gasteiger partial charge on any atom is 0.555 e. The molecule has 0 rings (SSSR count). The molecule has 57 valence electrons. The van der Waals surface area contributed by atoms with Crippen LogP contribution in [0.2, 0.25) is 0 Å². The average molecular weight is 143 g/mol. The first-order valence-corrected chi connectivity index (χ1v) is 3.30. The van der Waals surface area contributed by atoms with E-state index in [-0.39, 0.29) is 0 Å². The molecule has 0 unspecified atom stereocenters. The Kier molecular flexibility index (Phi) is 5.53. The van der Waals surface area contributed by atoms with E-state index >= 15 is 0 Å². The van der Waals surface area contributed by atoms with Gasteiger partial charge >= 0.3 is 6.16 Å². The Morgan fingerprint density at radius 2 is 2.30 bits per heavy atom. The van der Waals surface area contributed by atoms with Gasteiger partial charge in [0.15, 0.2) is 0 Å². The smallest absolute Gasteiger partial charge is 0.401 e. The number of rotatable bonds is 4. The zero-order valence-electron chi connectivity index (χ0n) is 6.00. The maximum absolute atomic E-state index is 9.65. The zero-order chi connectivity index (χ0) is 7.82. The molecule has 3 heteroatoms. The molecule has 0 N–H and O–H groups in total. The zero-order valence-corrected chi connectivity index (χ0v) is 6.00. The fraction of sp³-hybridized carbons (Fsp3) is 0.571. The number of allylic oxidation sites excluding steroid dienone is 1. The summed E-state index contributed by atoms with van der Waals surface area (Å²) in [6.07, 6.45) is 4.30. The molecule has 0 aliphatic heterocycles. The molecule has 0 aliphatic carbocycles. The number of carbonyl (C=O) groups is 1. The summed E-state index contributed by atoms with van der Waals surface area (Å²) in [5.41, 5.74) is 0. The Hall–Kier alpha value is -0.990. The minimum atomic E-state index is -1.51. The highest BCUT2D eigenvalue weighted by atomic mass is 16.7. The van der Waals surface area contributed by atoms with E-state index in [4.69, 9.17) is 0 Å². The first-order chi connectivity index (χ1) is 4.77. The standard InChI is InChI=1S/C7H11O3/c1-2-3-4-5-6-10-7(8)9/h5-6H,2-4H2,1H3/b6-5+. The summed E-state index contributed by atoms with van der Waals surface area (Å²) in [7, 11) is 0. The molecule has 3 nitrogen and oxygen atoms in total. The third-order valence-electron chi connectivity index (χ3n) is 0.985. The van der Waals surface area contributed by atoms with E-state index in [2.05, 4.69) is 11.7 Å². The van der Waals surface area contributed by atoms with E-state index in [9.17, 15) is 9.90 Å². The molecule has 0 aromatic heterocycles. The molecule has 0 aromatic rings. The van der Waals surface area contributed by atoms with Crippen molar-refractivity contribution >= 4 is 6.16 Å². The molecule has 0 saturated heterocycles. The topological polar surface area (TPSA) is 46.2 Å². The average Bonchev–Trinajstić information content (AvgIpc) is 1.87. The van der Waals surface area contributed by atoms with Gasteiger partial charge in [-0.25, -0.2) is 0 Å². The number of hydrogen-bond acceptors (Lipinski definition) is 2. The Labute approximate surface area is 60.3 Å². The van der Waals surface area contributed by atoms with Crippen molar-refractivity contribution in [2.75, 3.05) is 0 Å². The van der Waals surface area contributed by atoms with Gasteiger partial charge in [0.25, 0.3) is 0 Å². The lowest BCUT2D eigenvalue weighted by atomic mass is 10.2. The molecule has 0 bridgehead atoms. The summed E-state index contributed by atoms with van der Waals surface area (Å²) in [5, 5.41) is 9.65. The molecule has 0 aromatic carbocycles.